The third kappa shape index (κ3) is 5.19. The molecule has 21 heavy (non-hydrogen) atoms. The predicted molar refractivity (Wildman–Crippen MR) is 91.0 cm³/mol. The minimum absolute atomic E-state index is 0.426. The molecule has 1 aliphatic rings. The summed E-state index contributed by atoms with van der Waals surface area (Å²) >= 11 is 5.98. The van der Waals surface area contributed by atoms with Gasteiger partial charge in [0, 0.05) is 17.3 Å². The summed E-state index contributed by atoms with van der Waals surface area (Å²) in [7, 11) is 0. The topological polar surface area (TPSA) is 21.3 Å². The van der Waals surface area contributed by atoms with E-state index >= 15 is 0 Å². The van der Waals surface area contributed by atoms with Crippen LogP contribution < -0.4 is 5.32 Å². The summed E-state index contributed by atoms with van der Waals surface area (Å²) in [5, 5.41) is 4.14. The molecule has 0 radical (unpaired) electrons. The lowest BCUT2D eigenvalue weighted by Gasteiger charge is -2.37. The van der Waals surface area contributed by atoms with Gasteiger partial charge < -0.3 is 10.1 Å². The Morgan fingerprint density at radius 3 is 2.86 bits per heavy atom. The maximum atomic E-state index is 6.18. The Morgan fingerprint density at radius 2 is 2.14 bits per heavy atom. The van der Waals surface area contributed by atoms with E-state index in [-0.39, 0.29) is 0 Å². The van der Waals surface area contributed by atoms with E-state index in [2.05, 4.69) is 26.1 Å². The first-order valence-corrected chi connectivity index (χ1v) is 8.55. The summed E-state index contributed by atoms with van der Waals surface area (Å²) < 4.78 is 6.18. The molecule has 2 rings (SSSR count). The first kappa shape index (κ1) is 16.6. The normalized spacial score (nSPS) is 26.0. The number of rotatable bonds is 6. The van der Waals surface area contributed by atoms with Gasteiger partial charge in [-0.05, 0) is 48.8 Å². The van der Waals surface area contributed by atoms with Crippen LogP contribution in [0.25, 0.3) is 0 Å². The van der Waals surface area contributed by atoms with Crippen LogP contribution in [0.2, 0.25) is 5.02 Å². The molecule has 0 aliphatic heterocycles. The number of nitrogens with one attached hydrogen (secondary N) is 1. The molecule has 0 amide bonds. The number of anilines is 1. The monoisotopic (exact) mass is 309 g/mol. The molecule has 0 aromatic heterocycles. The Labute approximate surface area is 134 Å². The van der Waals surface area contributed by atoms with Crippen LogP contribution in [-0.2, 0) is 4.74 Å². The number of hydrogen-bond donors (Lipinski definition) is 1. The molecule has 118 valence electrons. The summed E-state index contributed by atoms with van der Waals surface area (Å²) in [6.45, 7) is 8.57. The zero-order chi connectivity index (χ0) is 15.2. The van der Waals surface area contributed by atoms with Crippen molar-refractivity contribution < 1.29 is 4.74 Å². The van der Waals surface area contributed by atoms with E-state index in [1.165, 1.54) is 19.3 Å². The Morgan fingerprint density at radius 1 is 1.33 bits per heavy atom. The average Bonchev–Trinajstić information content (AvgIpc) is 2.43. The van der Waals surface area contributed by atoms with Gasteiger partial charge in [-0.2, -0.15) is 0 Å². The van der Waals surface area contributed by atoms with Crippen LogP contribution in [0.5, 0.6) is 0 Å². The van der Waals surface area contributed by atoms with E-state index in [4.69, 9.17) is 16.3 Å². The molecule has 1 aromatic rings. The highest BCUT2D eigenvalue weighted by molar-refractivity contribution is 6.30. The summed E-state index contributed by atoms with van der Waals surface area (Å²) in [6.07, 6.45) is 4.30. The zero-order valence-corrected chi connectivity index (χ0v) is 14.2. The van der Waals surface area contributed by atoms with Gasteiger partial charge in [0.25, 0.3) is 0 Å². The van der Waals surface area contributed by atoms with Gasteiger partial charge in [-0.3, -0.25) is 0 Å². The van der Waals surface area contributed by atoms with Gasteiger partial charge in [0.05, 0.1) is 12.7 Å². The largest absolute Gasteiger partial charge is 0.383 e. The van der Waals surface area contributed by atoms with Crippen LogP contribution in [0.15, 0.2) is 24.3 Å². The lowest BCUT2D eigenvalue weighted by atomic mass is 9.75. The van der Waals surface area contributed by atoms with Crippen molar-refractivity contribution in [2.75, 3.05) is 18.5 Å². The van der Waals surface area contributed by atoms with E-state index in [9.17, 15) is 0 Å². The summed E-state index contributed by atoms with van der Waals surface area (Å²) in [5.41, 5.74) is 1.06. The average molecular weight is 310 g/mol. The fraction of sp³-hybridized carbons (Fsp3) is 0.667. The second kappa shape index (κ2) is 8.05. The van der Waals surface area contributed by atoms with Gasteiger partial charge >= 0.3 is 0 Å². The van der Waals surface area contributed by atoms with E-state index in [1.54, 1.807) is 0 Å². The van der Waals surface area contributed by atoms with Gasteiger partial charge in [-0.25, -0.2) is 0 Å². The van der Waals surface area contributed by atoms with Gasteiger partial charge in [0.15, 0.2) is 0 Å². The molecule has 2 nitrogen and oxygen atoms in total. The van der Waals surface area contributed by atoms with Crippen LogP contribution in [0.3, 0.4) is 0 Å². The van der Waals surface area contributed by atoms with Crippen molar-refractivity contribution in [2.24, 2.45) is 17.8 Å². The maximum Gasteiger partial charge on any atom is 0.0642 e. The quantitative estimate of drug-likeness (QED) is 0.727. The van der Waals surface area contributed by atoms with Gasteiger partial charge in [-0.1, -0.05) is 44.9 Å². The Hall–Kier alpha value is -0.730. The van der Waals surface area contributed by atoms with Gasteiger partial charge in [0.1, 0.15) is 0 Å². The Balaban J connectivity index is 1.76. The molecule has 1 aliphatic carbocycles. The lowest BCUT2D eigenvalue weighted by molar-refractivity contribution is -0.0340. The third-order valence-corrected chi connectivity index (χ3v) is 4.78. The van der Waals surface area contributed by atoms with Crippen molar-refractivity contribution in [3.8, 4) is 0 Å². The van der Waals surface area contributed by atoms with Crippen molar-refractivity contribution in [3.05, 3.63) is 29.3 Å². The molecule has 1 saturated carbocycles. The van der Waals surface area contributed by atoms with Crippen molar-refractivity contribution in [1.29, 1.82) is 0 Å². The molecule has 1 N–H and O–H groups in total. The van der Waals surface area contributed by atoms with Crippen molar-refractivity contribution in [1.82, 2.24) is 0 Å². The molecule has 1 fully saturated rings. The SMILES string of the molecule is CC1CCC(C(C)C)C(OCCNc2cccc(Cl)c2)C1. The molecule has 0 bridgehead atoms. The fourth-order valence-corrected chi connectivity index (χ4v) is 3.50. The van der Waals surface area contributed by atoms with Crippen molar-refractivity contribution in [3.63, 3.8) is 0 Å². The van der Waals surface area contributed by atoms with Gasteiger partial charge in [0.2, 0.25) is 0 Å². The van der Waals surface area contributed by atoms with Crippen LogP contribution in [0, 0.1) is 17.8 Å². The molecular formula is C18H28ClNO. The van der Waals surface area contributed by atoms with Crippen LogP contribution in [0.1, 0.15) is 40.0 Å². The summed E-state index contributed by atoms with van der Waals surface area (Å²) in [5.74, 6) is 2.22. The lowest BCUT2D eigenvalue weighted by Crippen LogP contribution is -2.35. The maximum absolute atomic E-state index is 6.18. The molecule has 3 heteroatoms. The zero-order valence-electron chi connectivity index (χ0n) is 13.4. The number of hydrogen-bond acceptors (Lipinski definition) is 2. The molecule has 0 saturated heterocycles. The highest BCUT2D eigenvalue weighted by Crippen LogP contribution is 2.35. The summed E-state index contributed by atoms with van der Waals surface area (Å²) in [6, 6.07) is 7.83. The van der Waals surface area contributed by atoms with E-state index < -0.39 is 0 Å². The minimum atomic E-state index is 0.426. The van der Waals surface area contributed by atoms with Gasteiger partial charge in [-0.15, -0.1) is 0 Å². The third-order valence-electron chi connectivity index (χ3n) is 4.55. The van der Waals surface area contributed by atoms with Crippen molar-refractivity contribution in [2.45, 2.75) is 46.1 Å². The first-order valence-electron chi connectivity index (χ1n) is 8.17. The van der Waals surface area contributed by atoms with Crippen LogP contribution in [-0.4, -0.2) is 19.3 Å². The second-order valence-electron chi connectivity index (χ2n) is 6.67. The predicted octanol–water partition coefficient (Wildman–Crippen LogP) is 5.23. The van der Waals surface area contributed by atoms with E-state index in [0.29, 0.717) is 17.9 Å². The summed E-state index contributed by atoms with van der Waals surface area (Å²) in [4.78, 5) is 0. The highest BCUT2D eigenvalue weighted by Gasteiger charge is 2.31. The van der Waals surface area contributed by atoms with E-state index in [1.807, 2.05) is 24.3 Å². The minimum Gasteiger partial charge on any atom is -0.383 e. The number of benzene rings is 1. The number of ether oxygens (including phenoxy) is 1. The van der Waals surface area contributed by atoms with Crippen LogP contribution >= 0.6 is 11.6 Å². The second-order valence-corrected chi connectivity index (χ2v) is 7.11. The standard InChI is InChI=1S/C18H28ClNO/c1-13(2)17-8-7-14(3)11-18(17)21-10-9-20-16-6-4-5-15(19)12-16/h4-6,12-14,17-18,20H,7-11H2,1-3H3. The van der Waals surface area contributed by atoms with E-state index in [0.717, 1.165) is 29.8 Å². The highest BCUT2D eigenvalue weighted by atomic mass is 35.5. The first-order chi connectivity index (χ1) is 10.1. The molecule has 3 atom stereocenters. The van der Waals surface area contributed by atoms with Crippen LogP contribution in [0.4, 0.5) is 5.69 Å². The Kier molecular flexibility index (Phi) is 6.38. The molecule has 0 spiro atoms. The Bertz CT molecular complexity index is 435. The van der Waals surface area contributed by atoms with Crippen molar-refractivity contribution >= 4 is 17.3 Å². The smallest absolute Gasteiger partial charge is 0.0642 e. The molecule has 1 aromatic carbocycles. The molecular weight excluding hydrogens is 282 g/mol. The number of halogens is 1. The molecule has 0 heterocycles. The molecule has 3 unspecified atom stereocenters. The fourth-order valence-electron chi connectivity index (χ4n) is 3.31.